The Morgan fingerprint density at radius 3 is 2.53 bits per heavy atom. The molecule has 0 aromatic heterocycles. The second-order valence-electron chi connectivity index (χ2n) is 6.05. The molecular formula is C13H26N2O3S. The molecule has 1 aliphatic carbocycles. The Labute approximate surface area is 116 Å². The van der Waals surface area contributed by atoms with Crippen molar-refractivity contribution in [2.75, 3.05) is 19.5 Å². The van der Waals surface area contributed by atoms with Crippen LogP contribution in [0.15, 0.2) is 0 Å². The van der Waals surface area contributed by atoms with Gasteiger partial charge in [0, 0.05) is 18.9 Å². The predicted octanol–water partition coefficient (Wildman–Crippen LogP) is 0.848. The lowest BCUT2D eigenvalue weighted by atomic mass is 9.77. The van der Waals surface area contributed by atoms with Crippen LogP contribution in [0.5, 0.6) is 0 Å². The Kier molecular flexibility index (Phi) is 5.22. The molecule has 1 saturated heterocycles. The van der Waals surface area contributed by atoms with E-state index in [0.717, 1.165) is 51.7 Å². The summed E-state index contributed by atoms with van der Waals surface area (Å²) in [6, 6.07) is 0.185. The van der Waals surface area contributed by atoms with Crippen LogP contribution in [0.4, 0.5) is 0 Å². The molecule has 0 aromatic rings. The average Bonchev–Trinajstić information content (AvgIpc) is 2.40. The normalized spacial score (nSPS) is 34.9. The van der Waals surface area contributed by atoms with Crippen LogP contribution in [0.1, 0.15) is 38.5 Å². The van der Waals surface area contributed by atoms with Crippen molar-refractivity contribution in [2.24, 2.45) is 17.7 Å². The Bertz CT molecular complexity index is 379. The first kappa shape index (κ1) is 15.2. The molecular weight excluding hydrogens is 264 g/mol. The van der Waals surface area contributed by atoms with Crippen molar-refractivity contribution >= 4 is 9.84 Å². The highest BCUT2D eigenvalue weighted by Gasteiger charge is 2.36. The molecule has 5 nitrogen and oxygen atoms in total. The van der Waals surface area contributed by atoms with Gasteiger partial charge < -0.3 is 4.74 Å². The summed E-state index contributed by atoms with van der Waals surface area (Å²) in [7, 11) is -2.93. The van der Waals surface area contributed by atoms with Crippen molar-refractivity contribution in [1.82, 2.24) is 5.43 Å². The molecule has 6 heteroatoms. The van der Waals surface area contributed by atoms with Crippen LogP contribution in [0.2, 0.25) is 0 Å². The number of hydrogen-bond donors (Lipinski definition) is 2. The van der Waals surface area contributed by atoms with Gasteiger partial charge in [-0.2, -0.15) is 0 Å². The first-order chi connectivity index (χ1) is 9.02. The first-order valence-electron chi connectivity index (χ1n) is 7.25. The monoisotopic (exact) mass is 290 g/mol. The molecule has 1 heterocycles. The lowest BCUT2D eigenvalue weighted by Gasteiger charge is -2.39. The third kappa shape index (κ3) is 3.90. The van der Waals surface area contributed by atoms with Crippen molar-refractivity contribution in [3.05, 3.63) is 0 Å². The van der Waals surface area contributed by atoms with Gasteiger partial charge in [-0.3, -0.25) is 11.3 Å². The highest BCUT2D eigenvalue weighted by atomic mass is 32.2. The maximum atomic E-state index is 11.7. The molecule has 0 amide bonds. The van der Waals surface area contributed by atoms with Crippen molar-refractivity contribution in [3.63, 3.8) is 0 Å². The molecule has 3 N–H and O–H groups in total. The number of nitrogens with two attached hydrogens (primary N) is 1. The number of hydrazine groups is 1. The second-order valence-corrected chi connectivity index (χ2v) is 8.37. The van der Waals surface area contributed by atoms with E-state index < -0.39 is 9.84 Å². The summed E-state index contributed by atoms with van der Waals surface area (Å²) >= 11 is 0. The van der Waals surface area contributed by atoms with Gasteiger partial charge in [0.2, 0.25) is 0 Å². The van der Waals surface area contributed by atoms with Gasteiger partial charge in [-0.05, 0) is 43.9 Å². The molecule has 112 valence electrons. The van der Waals surface area contributed by atoms with Crippen LogP contribution in [-0.2, 0) is 14.6 Å². The third-order valence-electron chi connectivity index (χ3n) is 4.68. The quantitative estimate of drug-likeness (QED) is 0.592. The van der Waals surface area contributed by atoms with Crippen molar-refractivity contribution < 1.29 is 13.2 Å². The average molecular weight is 290 g/mol. The SMILES string of the molecule is CS(=O)(=O)C1CCCC(C(NN)C2CCCOC2)C1. The number of hydrogen-bond acceptors (Lipinski definition) is 5. The standard InChI is InChI=1S/C13H26N2O3S/c1-19(16,17)12-6-2-4-10(8-12)13(15-14)11-5-3-7-18-9-11/h10-13,15H,2-9,14H2,1H3. The molecule has 19 heavy (non-hydrogen) atoms. The zero-order valence-electron chi connectivity index (χ0n) is 11.7. The molecule has 2 rings (SSSR count). The van der Waals surface area contributed by atoms with Crippen LogP contribution in [0.3, 0.4) is 0 Å². The molecule has 4 unspecified atom stereocenters. The molecule has 1 saturated carbocycles. The first-order valence-corrected chi connectivity index (χ1v) is 9.20. The highest BCUT2D eigenvalue weighted by molar-refractivity contribution is 7.91. The van der Waals surface area contributed by atoms with E-state index in [1.54, 1.807) is 0 Å². The van der Waals surface area contributed by atoms with Crippen molar-refractivity contribution in [2.45, 2.75) is 49.8 Å². The zero-order chi connectivity index (χ0) is 13.9. The minimum Gasteiger partial charge on any atom is -0.381 e. The zero-order valence-corrected chi connectivity index (χ0v) is 12.5. The van der Waals surface area contributed by atoms with Crippen LogP contribution in [0, 0.1) is 11.8 Å². The summed E-state index contributed by atoms with van der Waals surface area (Å²) in [5.74, 6) is 6.50. The number of ether oxygens (including phenoxy) is 1. The summed E-state index contributed by atoms with van der Waals surface area (Å²) in [6.07, 6.45) is 7.14. The van der Waals surface area contributed by atoms with E-state index in [1.165, 1.54) is 6.26 Å². The van der Waals surface area contributed by atoms with E-state index in [1.807, 2.05) is 0 Å². The summed E-state index contributed by atoms with van der Waals surface area (Å²) < 4.78 is 29.0. The molecule has 0 spiro atoms. The fraction of sp³-hybridized carbons (Fsp3) is 1.00. The van der Waals surface area contributed by atoms with Gasteiger partial charge in [-0.1, -0.05) is 6.42 Å². The molecule has 2 fully saturated rings. The van der Waals surface area contributed by atoms with Crippen LogP contribution < -0.4 is 11.3 Å². The molecule has 2 aliphatic rings. The van der Waals surface area contributed by atoms with Crippen LogP contribution in [0.25, 0.3) is 0 Å². The van der Waals surface area contributed by atoms with Gasteiger partial charge in [0.05, 0.1) is 11.9 Å². The molecule has 1 aliphatic heterocycles. The predicted molar refractivity (Wildman–Crippen MR) is 75.2 cm³/mol. The van der Waals surface area contributed by atoms with Gasteiger partial charge in [-0.15, -0.1) is 0 Å². The van der Waals surface area contributed by atoms with Gasteiger partial charge in [-0.25, -0.2) is 8.42 Å². The molecule has 0 bridgehead atoms. The van der Waals surface area contributed by atoms with Crippen molar-refractivity contribution in [1.29, 1.82) is 0 Å². The fourth-order valence-electron chi connectivity index (χ4n) is 3.60. The Hall–Kier alpha value is -0.170. The summed E-state index contributed by atoms with van der Waals surface area (Å²) in [4.78, 5) is 0. The smallest absolute Gasteiger partial charge is 0.150 e. The van der Waals surface area contributed by atoms with Crippen molar-refractivity contribution in [3.8, 4) is 0 Å². The molecule has 4 atom stereocenters. The van der Waals surface area contributed by atoms with Crippen LogP contribution in [-0.4, -0.2) is 39.2 Å². The topological polar surface area (TPSA) is 81.4 Å². The van der Waals surface area contributed by atoms with E-state index in [2.05, 4.69) is 5.43 Å². The Morgan fingerprint density at radius 1 is 1.21 bits per heavy atom. The van der Waals surface area contributed by atoms with Gasteiger partial charge in [0.1, 0.15) is 9.84 Å². The fourth-order valence-corrected chi connectivity index (χ4v) is 4.79. The van der Waals surface area contributed by atoms with Gasteiger partial charge in [0.15, 0.2) is 0 Å². The highest BCUT2D eigenvalue weighted by Crippen LogP contribution is 2.34. The maximum absolute atomic E-state index is 11.7. The number of rotatable bonds is 4. The minimum atomic E-state index is -2.93. The summed E-state index contributed by atoms with van der Waals surface area (Å²) in [5, 5.41) is -0.188. The maximum Gasteiger partial charge on any atom is 0.150 e. The molecule has 0 radical (unpaired) electrons. The number of sulfone groups is 1. The van der Waals surface area contributed by atoms with E-state index >= 15 is 0 Å². The van der Waals surface area contributed by atoms with E-state index in [0.29, 0.717) is 11.8 Å². The lowest BCUT2D eigenvalue weighted by molar-refractivity contribution is 0.0246. The second kappa shape index (κ2) is 6.52. The van der Waals surface area contributed by atoms with E-state index in [9.17, 15) is 8.42 Å². The largest absolute Gasteiger partial charge is 0.381 e. The van der Waals surface area contributed by atoms with Gasteiger partial charge >= 0.3 is 0 Å². The Morgan fingerprint density at radius 2 is 1.95 bits per heavy atom. The third-order valence-corrected chi connectivity index (χ3v) is 6.32. The summed E-state index contributed by atoms with van der Waals surface area (Å²) in [5.41, 5.74) is 2.94. The molecule has 0 aromatic carbocycles. The minimum absolute atomic E-state index is 0.185. The van der Waals surface area contributed by atoms with E-state index in [4.69, 9.17) is 10.6 Å². The number of nitrogens with one attached hydrogen (secondary N) is 1. The lowest BCUT2D eigenvalue weighted by Crippen LogP contribution is -2.50. The Balaban J connectivity index is 2.01. The van der Waals surface area contributed by atoms with E-state index in [-0.39, 0.29) is 11.3 Å². The summed E-state index contributed by atoms with van der Waals surface area (Å²) in [6.45, 7) is 1.58. The van der Waals surface area contributed by atoms with Gasteiger partial charge in [0.25, 0.3) is 0 Å². The van der Waals surface area contributed by atoms with Crippen LogP contribution >= 0.6 is 0 Å².